The Hall–Kier alpha value is -4.99. The number of ether oxygens (including phenoxy) is 5. The first-order chi connectivity index (χ1) is 21.9. The van der Waals surface area contributed by atoms with Crippen LogP contribution in [0.2, 0.25) is 0 Å². The molecule has 0 saturated carbocycles. The molecule has 230 valence electrons. The number of aromatic hydroxyl groups is 1. The fourth-order valence-electron chi connectivity index (χ4n) is 6.42. The minimum absolute atomic E-state index is 0.00434. The van der Waals surface area contributed by atoms with E-state index in [9.17, 15) is 10.2 Å². The normalized spacial score (nSPS) is 17.5. The molecule has 2 unspecified atom stereocenters. The van der Waals surface area contributed by atoms with Gasteiger partial charge in [-0.3, -0.25) is 9.88 Å². The Morgan fingerprint density at radius 2 is 1.53 bits per heavy atom. The predicted molar refractivity (Wildman–Crippen MR) is 169 cm³/mol. The van der Waals surface area contributed by atoms with Crippen LogP contribution in [0.4, 0.5) is 0 Å². The zero-order chi connectivity index (χ0) is 31.2. The number of benzene rings is 4. The fraction of sp³-hybridized carbons (Fsp3) is 0.250. The number of aromatic nitrogens is 1. The first-order valence-corrected chi connectivity index (χ1v) is 14.8. The van der Waals surface area contributed by atoms with Gasteiger partial charge in [-0.2, -0.15) is 0 Å². The molecular formula is C36H34N2O7. The summed E-state index contributed by atoms with van der Waals surface area (Å²) in [5.74, 6) is 3.09. The zero-order valence-corrected chi connectivity index (χ0v) is 25.5. The molecule has 5 aliphatic heterocycles. The molecule has 0 fully saturated rings. The van der Waals surface area contributed by atoms with Crippen molar-refractivity contribution in [1.29, 1.82) is 0 Å². The third kappa shape index (κ3) is 4.94. The molecule has 5 aliphatic rings. The minimum Gasteiger partial charge on any atom is -0.502 e. The van der Waals surface area contributed by atoms with Crippen molar-refractivity contribution in [2.45, 2.75) is 25.0 Å². The van der Waals surface area contributed by atoms with Crippen LogP contribution in [-0.2, 0) is 12.8 Å². The number of likely N-dealkylation sites (N-methyl/N-ethyl adjacent to an activating group) is 1. The average Bonchev–Trinajstić information content (AvgIpc) is 3.07. The quantitative estimate of drug-likeness (QED) is 0.232. The van der Waals surface area contributed by atoms with E-state index in [1.165, 1.54) is 7.11 Å². The molecule has 5 aromatic rings. The monoisotopic (exact) mass is 606 g/mol. The van der Waals surface area contributed by atoms with Gasteiger partial charge in [-0.15, -0.1) is 0 Å². The second kappa shape index (κ2) is 11.5. The molecule has 4 aromatic carbocycles. The molecule has 0 radical (unpaired) electrons. The van der Waals surface area contributed by atoms with Gasteiger partial charge in [0.25, 0.3) is 0 Å². The lowest BCUT2D eigenvalue weighted by molar-refractivity contribution is 0.216. The summed E-state index contributed by atoms with van der Waals surface area (Å²) in [6, 6.07) is 20.6. The van der Waals surface area contributed by atoms with E-state index in [1.54, 1.807) is 44.7 Å². The SMILES string of the molecule is COc1cc2ccnc3c2c(c1O)Oc1ccc(cc1)CC1c2c(cc(OC)c(OC)c2Oc2ccc(cc2)C3O)CCN1C. The number of aliphatic hydroxyl groups excluding tert-OH is 1. The van der Waals surface area contributed by atoms with Crippen LogP contribution in [0.15, 0.2) is 72.9 Å². The summed E-state index contributed by atoms with van der Waals surface area (Å²) in [7, 11) is 6.86. The van der Waals surface area contributed by atoms with E-state index in [1.807, 2.05) is 36.4 Å². The van der Waals surface area contributed by atoms with Crippen molar-refractivity contribution in [1.82, 2.24) is 9.88 Å². The molecule has 2 atom stereocenters. The Morgan fingerprint density at radius 3 is 2.22 bits per heavy atom. The maximum Gasteiger partial charge on any atom is 0.204 e. The van der Waals surface area contributed by atoms with Crippen molar-refractivity contribution in [3.05, 3.63) is 101 Å². The summed E-state index contributed by atoms with van der Waals surface area (Å²) in [5.41, 5.74) is 4.21. The van der Waals surface area contributed by atoms with Gasteiger partial charge in [0.15, 0.2) is 23.0 Å². The highest BCUT2D eigenvalue weighted by atomic mass is 16.5. The number of phenols is 1. The van der Waals surface area contributed by atoms with E-state index < -0.39 is 6.10 Å². The molecule has 9 nitrogen and oxygen atoms in total. The number of methoxy groups -OCH3 is 3. The smallest absolute Gasteiger partial charge is 0.204 e. The lowest BCUT2D eigenvalue weighted by Crippen LogP contribution is -2.34. The number of nitrogens with zero attached hydrogens (tertiary/aromatic N) is 2. The first kappa shape index (κ1) is 28.8. The second-order valence-electron chi connectivity index (χ2n) is 11.3. The van der Waals surface area contributed by atoms with Gasteiger partial charge in [0, 0.05) is 24.3 Å². The average molecular weight is 607 g/mol. The van der Waals surface area contributed by atoms with Gasteiger partial charge >= 0.3 is 0 Å². The summed E-state index contributed by atoms with van der Waals surface area (Å²) in [6.07, 6.45) is 2.03. The van der Waals surface area contributed by atoms with Crippen LogP contribution in [0.25, 0.3) is 10.8 Å². The molecule has 6 heterocycles. The zero-order valence-electron chi connectivity index (χ0n) is 25.5. The largest absolute Gasteiger partial charge is 0.502 e. The Bertz CT molecular complexity index is 1890. The Morgan fingerprint density at radius 1 is 0.844 bits per heavy atom. The number of phenolic OH excluding ortho intramolecular Hbond substituents is 1. The van der Waals surface area contributed by atoms with Crippen molar-refractivity contribution in [3.8, 4) is 46.0 Å². The van der Waals surface area contributed by atoms with Crippen molar-refractivity contribution in [2.24, 2.45) is 0 Å². The third-order valence-corrected chi connectivity index (χ3v) is 8.79. The maximum absolute atomic E-state index is 11.6. The van der Waals surface area contributed by atoms with E-state index in [-0.39, 0.29) is 23.3 Å². The molecule has 2 N–H and O–H groups in total. The van der Waals surface area contributed by atoms with E-state index in [0.717, 1.165) is 29.7 Å². The fourth-order valence-corrected chi connectivity index (χ4v) is 6.42. The number of hydrogen-bond acceptors (Lipinski definition) is 9. The molecule has 4 bridgehead atoms. The van der Waals surface area contributed by atoms with Crippen molar-refractivity contribution < 1.29 is 33.9 Å². The molecule has 0 spiro atoms. The Balaban J connectivity index is 1.45. The summed E-state index contributed by atoms with van der Waals surface area (Å²) in [5, 5.41) is 24.1. The Kier molecular flexibility index (Phi) is 7.35. The molecule has 0 amide bonds. The van der Waals surface area contributed by atoms with Crippen LogP contribution in [0.5, 0.6) is 46.0 Å². The van der Waals surface area contributed by atoms with E-state index in [4.69, 9.17) is 23.7 Å². The van der Waals surface area contributed by atoms with Gasteiger partial charge in [0.05, 0.1) is 32.4 Å². The number of aliphatic hydroxyl groups is 1. The van der Waals surface area contributed by atoms with Gasteiger partial charge in [0.2, 0.25) is 11.5 Å². The van der Waals surface area contributed by atoms with Crippen LogP contribution in [0, 0.1) is 0 Å². The molecule has 0 aliphatic carbocycles. The van der Waals surface area contributed by atoms with Gasteiger partial charge < -0.3 is 33.9 Å². The van der Waals surface area contributed by atoms with Crippen LogP contribution in [0.3, 0.4) is 0 Å². The summed E-state index contributed by atoms with van der Waals surface area (Å²) < 4.78 is 30.1. The highest BCUT2D eigenvalue weighted by Crippen LogP contribution is 2.51. The van der Waals surface area contributed by atoms with Crippen LogP contribution < -0.4 is 23.7 Å². The highest BCUT2D eigenvalue weighted by molar-refractivity contribution is 5.95. The predicted octanol–water partition coefficient (Wildman–Crippen LogP) is 6.72. The van der Waals surface area contributed by atoms with Crippen molar-refractivity contribution in [2.75, 3.05) is 34.9 Å². The lowest BCUT2D eigenvalue weighted by atomic mass is 9.87. The highest BCUT2D eigenvalue weighted by Gasteiger charge is 2.33. The number of rotatable bonds is 3. The third-order valence-electron chi connectivity index (χ3n) is 8.79. The number of pyridine rings is 1. The van der Waals surface area contributed by atoms with Crippen LogP contribution >= 0.6 is 0 Å². The standard InChI is InChI=1S/C36H34N2O7/c1-38-16-14-23-19-28(42-3)34(43-4)36-29(23)26(38)17-20-5-9-24(10-6-20)44-35-30-22(18-27(41-2)33(35)40)13-15-37-31(30)32(39)21-7-11-25(45-36)12-8-21/h5-13,15,18-19,26,32,39-40H,14,16-17H2,1-4H3. The molecule has 1 aromatic heterocycles. The molecule has 45 heavy (non-hydrogen) atoms. The van der Waals surface area contributed by atoms with Crippen LogP contribution in [0.1, 0.15) is 40.1 Å². The van der Waals surface area contributed by atoms with Gasteiger partial charge in [-0.1, -0.05) is 24.3 Å². The minimum atomic E-state index is -1.13. The summed E-state index contributed by atoms with van der Waals surface area (Å²) in [6.45, 7) is 0.874. The second-order valence-corrected chi connectivity index (χ2v) is 11.3. The Labute approximate surface area is 261 Å². The summed E-state index contributed by atoms with van der Waals surface area (Å²) in [4.78, 5) is 6.87. The molecular weight excluding hydrogens is 572 g/mol. The van der Waals surface area contributed by atoms with Gasteiger partial charge in [0.1, 0.15) is 17.6 Å². The topological polar surface area (TPSA) is 103 Å². The molecule has 9 heteroatoms. The maximum atomic E-state index is 11.6. The molecule has 0 saturated heterocycles. The van der Waals surface area contributed by atoms with Crippen molar-refractivity contribution in [3.63, 3.8) is 0 Å². The van der Waals surface area contributed by atoms with Crippen LogP contribution in [-0.4, -0.2) is 55.0 Å². The van der Waals surface area contributed by atoms with E-state index in [2.05, 4.69) is 23.0 Å². The van der Waals surface area contributed by atoms with E-state index in [0.29, 0.717) is 57.2 Å². The van der Waals surface area contributed by atoms with Gasteiger partial charge in [-0.25, -0.2) is 0 Å². The summed E-state index contributed by atoms with van der Waals surface area (Å²) >= 11 is 0. The van der Waals surface area contributed by atoms with Gasteiger partial charge in [-0.05, 0) is 84.4 Å². The number of hydrogen-bond donors (Lipinski definition) is 2. The van der Waals surface area contributed by atoms with E-state index >= 15 is 0 Å². The lowest BCUT2D eigenvalue weighted by Gasteiger charge is -2.36. The molecule has 10 rings (SSSR count). The first-order valence-electron chi connectivity index (χ1n) is 14.8. The van der Waals surface area contributed by atoms with Crippen molar-refractivity contribution >= 4 is 10.8 Å².